The molecule has 19 heavy (non-hydrogen) atoms. The van der Waals surface area contributed by atoms with Gasteiger partial charge in [-0.3, -0.25) is 0 Å². The summed E-state index contributed by atoms with van der Waals surface area (Å²) >= 11 is 0. The van der Waals surface area contributed by atoms with E-state index in [1.165, 1.54) is 33.5 Å². The van der Waals surface area contributed by atoms with Crippen LogP contribution in [0.2, 0.25) is 0 Å². The smallest absolute Gasteiger partial charge is 0.128 e. The molecule has 2 heteroatoms. The first kappa shape index (κ1) is 12.0. The van der Waals surface area contributed by atoms with Crippen LogP contribution in [-0.2, 0) is 7.05 Å². The summed E-state index contributed by atoms with van der Waals surface area (Å²) < 4.78 is 4.38. The van der Waals surface area contributed by atoms with Crippen LogP contribution in [0.3, 0.4) is 0 Å². The Balaban J connectivity index is 2.33. The average Bonchev–Trinajstić information content (AvgIpc) is 2.72. The average molecular weight is 251 g/mol. The Labute approximate surface area is 113 Å². The highest BCUT2D eigenvalue weighted by molar-refractivity contribution is 5.68. The summed E-state index contributed by atoms with van der Waals surface area (Å²) in [6.07, 6.45) is 2.09. The number of aromatic nitrogens is 2. The second-order valence-electron chi connectivity index (χ2n) is 5.28. The second-order valence-corrected chi connectivity index (χ2v) is 5.28. The van der Waals surface area contributed by atoms with E-state index in [0.717, 1.165) is 0 Å². The molecule has 0 N–H and O–H groups in total. The minimum Gasteiger partial charge on any atom is -0.128 e. The van der Waals surface area contributed by atoms with Crippen LogP contribution in [0.4, 0.5) is 0 Å². The maximum atomic E-state index is 2.27. The van der Waals surface area contributed by atoms with Crippen LogP contribution in [-0.4, -0.2) is 4.52 Å². The van der Waals surface area contributed by atoms with Crippen LogP contribution in [0.25, 0.3) is 16.8 Å². The van der Waals surface area contributed by atoms with Gasteiger partial charge in [-0.2, -0.15) is 0 Å². The molecule has 0 unspecified atom stereocenters. The van der Waals surface area contributed by atoms with E-state index in [1.54, 1.807) is 0 Å². The highest BCUT2D eigenvalue weighted by Gasteiger charge is 2.18. The normalized spacial score (nSPS) is 11.2. The van der Waals surface area contributed by atoms with Crippen LogP contribution < -0.4 is 4.68 Å². The molecule has 0 radical (unpaired) electrons. The van der Waals surface area contributed by atoms with Gasteiger partial charge in [0.05, 0.1) is 11.8 Å². The number of pyridine rings is 1. The van der Waals surface area contributed by atoms with Gasteiger partial charge in [0.1, 0.15) is 5.52 Å². The first-order chi connectivity index (χ1) is 9.08. The second kappa shape index (κ2) is 4.23. The van der Waals surface area contributed by atoms with Crippen molar-refractivity contribution in [3.05, 3.63) is 59.3 Å². The molecule has 2 aromatic heterocycles. The van der Waals surface area contributed by atoms with Gasteiger partial charge < -0.3 is 0 Å². The van der Waals surface area contributed by atoms with Crippen molar-refractivity contribution in [2.24, 2.45) is 7.05 Å². The van der Waals surface area contributed by atoms with Crippen molar-refractivity contribution in [2.75, 3.05) is 0 Å². The fourth-order valence-electron chi connectivity index (χ4n) is 2.74. The van der Waals surface area contributed by atoms with Crippen molar-refractivity contribution in [3.8, 4) is 11.3 Å². The fourth-order valence-corrected chi connectivity index (χ4v) is 2.74. The van der Waals surface area contributed by atoms with E-state index < -0.39 is 0 Å². The Morgan fingerprint density at radius 2 is 1.79 bits per heavy atom. The van der Waals surface area contributed by atoms with Gasteiger partial charge in [0, 0.05) is 6.07 Å². The van der Waals surface area contributed by atoms with Crippen molar-refractivity contribution in [3.63, 3.8) is 0 Å². The third-order valence-electron chi connectivity index (χ3n) is 3.91. The molecule has 1 aromatic carbocycles. The number of benzene rings is 1. The Kier molecular flexibility index (Phi) is 2.67. The van der Waals surface area contributed by atoms with E-state index in [9.17, 15) is 0 Å². The summed E-state index contributed by atoms with van der Waals surface area (Å²) in [4.78, 5) is 0. The first-order valence-electron chi connectivity index (χ1n) is 6.62. The topological polar surface area (TPSA) is 8.29 Å². The number of hydrogen-bond acceptors (Lipinski definition) is 0. The summed E-state index contributed by atoms with van der Waals surface area (Å²) in [6.45, 7) is 6.54. The van der Waals surface area contributed by atoms with Gasteiger partial charge >= 0.3 is 0 Å². The largest absolute Gasteiger partial charge is 0.239 e. The molecule has 0 bridgehead atoms. The zero-order valence-corrected chi connectivity index (χ0v) is 11.9. The molecule has 0 amide bonds. The maximum Gasteiger partial charge on any atom is 0.239 e. The summed E-state index contributed by atoms with van der Waals surface area (Å²) in [5.41, 5.74) is 7.83. The first-order valence-corrected chi connectivity index (χ1v) is 6.62. The molecule has 3 aromatic rings. The van der Waals surface area contributed by atoms with Gasteiger partial charge in [-0.05, 0) is 50.1 Å². The lowest BCUT2D eigenvalue weighted by atomic mass is 9.98. The van der Waals surface area contributed by atoms with Gasteiger partial charge in [-0.15, -0.1) is 9.20 Å². The Morgan fingerprint density at radius 1 is 1.00 bits per heavy atom. The van der Waals surface area contributed by atoms with Gasteiger partial charge in [-0.1, -0.05) is 17.7 Å². The molecule has 2 heterocycles. The molecule has 0 saturated carbocycles. The molecule has 0 aliphatic heterocycles. The van der Waals surface area contributed by atoms with Crippen molar-refractivity contribution in [1.29, 1.82) is 0 Å². The summed E-state index contributed by atoms with van der Waals surface area (Å²) in [5.74, 6) is 0. The molecule has 3 rings (SSSR count). The molecular formula is C17H19N2+. The maximum absolute atomic E-state index is 2.27. The van der Waals surface area contributed by atoms with Crippen LogP contribution in [0.5, 0.6) is 0 Å². The molecule has 0 saturated heterocycles. The Bertz CT molecular complexity index is 766. The van der Waals surface area contributed by atoms with Crippen molar-refractivity contribution in [1.82, 2.24) is 4.52 Å². The van der Waals surface area contributed by atoms with Crippen LogP contribution in [0, 0.1) is 20.8 Å². The molecule has 0 aliphatic carbocycles. The lowest BCUT2D eigenvalue weighted by molar-refractivity contribution is -0.727. The van der Waals surface area contributed by atoms with Crippen molar-refractivity contribution in [2.45, 2.75) is 20.8 Å². The molecule has 0 spiro atoms. The predicted molar refractivity (Wildman–Crippen MR) is 78.2 cm³/mol. The van der Waals surface area contributed by atoms with Gasteiger partial charge in [0.2, 0.25) is 5.69 Å². The molecule has 0 fully saturated rings. The molecule has 2 nitrogen and oxygen atoms in total. The van der Waals surface area contributed by atoms with Crippen LogP contribution in [0.1, 0.15) is 16.7 Å². The number of nitrogens with zero attached hydrogens (tertiary/aromatic N) is 2. The summed E-state index contributed by atoms with van der Waals surface area (Å²) in [7, 11) is 2.11. The molecular weight excluding hydrogens is 232 g/mol. The highest BCUT2D eigenvalue weighted by Crippen LogP contribution is 2.26. The third-order valence-corrected chi connectivity index (χ3v) is 3.91. The third kappa shape index (κ3) is 1.84. The van der Waals surface area contributed by atoms with Crippen LogP contribution >= 0.6 is 0 Å². The minimum absolute atomic E-state index is 1.22. The quantitative estimate of drug-likeness (QED) is 0.586. The van der Waals surface area contributed by atoms with Crippen LogP contribution in [0.15, 0.2) is 42.6 Å². The highest BCUT2D eigenvalue weighted by atomic mass is 15.3. The Morgan fingerprint density at radius 3 is 2.53 bits per heavy atom. The van der Waals surface area contributed by atoms with Gasteiger partial charge in [-0.25, -0.2) is 0 Å². The molecule has 96 valence electrons. The number of rotatable bonds is 1. The fraction of sp³-hybridized carbons (Fsp3) is 0.235. The van der Waals surface area contributed by atoms with E-state index in [2.05, 4.69) is 79.6 Å². The monoisotopic (exact) mass is 251 g/mol. The molecule has 0 aliphatic rings. The number of hydrogen-bond donors (Lipinski definition) is 0. The number of fused-ring (bicyclic) bond motifs is 1. The summed E-state index contributed by atoms with van der Waals surface area (Å²) in [6, 6.07) is 13.0. The zero-order valence-electron chi connectivity index (χ0n) is 11.9. The lowest BCUT2D eigenvalue weighted by Gasteiger charge is -2.06. The Hall–Kier alpha value is -2.09. The minimum atomic E-state index is 1.22. The number of aryl methyl sites for hydroxylation is 3. The molecule has 0 atom stereocenters. The van der Waals surface area contributed by atoms with Gasteiger partial charge in [0.15, 0.2) is 7.05 Å². The standard InChI is InChI=1S/C17H19N2/c1-12-9-13(2)14(3)16(10-12)17-11-15-7-5-6-8-19(15)18(17)4/h5-11H,1-4H3/q+1. The SMILES string of the molecule is Cc1cc(C)c(C)c(-c2cc3ccccn3[n+]2C)c1. The predicted octanol–water partition coefficient (Wildman–Crippen LogP) is 3.36. The zero-order chi connectivity index (χ0) is 13.6. The van der Waals surface area contributed by atoms with Crippen molar-refractivity contribution < 1.29 is 4.68 Å². The van der Waals surface area contributed by atoms with E-state index in [1.807, 2.05) is 0 Å². The van der Waals surface area contributed by atoms with E-state index in [-0.39, 0.29) is 0 Å². The van der Waals surface area contributed by atoms with E-state index in [4.69, 9.17) is 0 Å². The van der Waals surface area contributed by atoms with Crippen molar-refractivity contribution >= 4 is 5.52 Å². The van der Waals surface area contributed by atoms with Gasteiger partial charge in [0.25, 0.3) is 0 Å². The summed E-state index contributed by atoms with van der Waals surface area (Å²) in [5, 5.41) is 0. The van der Waals surface area contributed by atoms with E-state index >= 15 is 0 Å². The lowest BCUT2D eigenvalue weighted by Crippen LogP contribution is -2.36. The van der Waals surface area contributed by atoms with E-state index in [0.29, 0.717) is 0 Å².